The zero-order chi connectivity index (χ0) is 13.8. The Morgan fingerprint density at radius 3 is 2.79 bits per heavy atom. The molecule has 0 aliphatic carbocycles. The molecule has 0 unspecified atom stereocenters. The molecule has 1 aromatic carbocycles. The van der Waals surface area contributed by atoms with Crippen molar-refractivity contribution in [2.45, 2.75) is 13.5 Å². The second kappa shape index (κ2) is 5.53. The topological polar surface area (TPSA) is 75.1 Å². The molecule has 0 spiro atoms. The number of aliphatic hydroxyl groups is 1. The Labute approximate surface area is 109 Å². The molecule has 5 nitrogen and oxygen atoms in total. The van der Waals surface area contributed by atoms with Gasteiger partial charge in [-0.2, -0.15) is 0 Å². The lowest BCUT2D eigenvalue weighted by molar-refractivity contribution is 0.101. The van der Waals surface area contributed by atoms with Crippen molar-refractivity contribution < 1.29 is 14.3 Å². The first-order chi connectivity index (χ1) is 9.11. The summed E-state index contributed by atoms with van der Waals surface area (Å²) in [5.41, 5.74) is 1.01. The third-order valence-electron chi connectivity index (χ3n) is 2.57. The number of carbonyl (C=O) groups excluding carboxylic acids is 1. The lowest BCUT2D eigenvalue weighted by Gasteiger charge is -2.07. The number of aliphatic hydroxyl groups excluding tert-OH is 1. The van der Waals surface area contributed by atoms with E-state index in [0.29, 0.717) is 11.3 Å². The number of benzene rings is 1. The zero-order valence-electron chi connectivity index (χ0n) is 10.2. The van der Waals surface area contributed by atoms with Gasteiger partial charge in [0.1, 0.15) is 5.82 Å². The largest absolute Gasteiger partial charge is 0.390 e. The molecule has 98 valence electrons. The van der Waals surface area contributed by atoms with E-state index in [9.17, 15) is 9.18 Å². The second-order valence-electron chi connectivity index (χ2n) is 3.93. The highest BCUT2D eigenvalue weighted by molar-refractivity contribution is 6.03. The van der Waals surface area contributed by atoms with Crippen LogP contribution in [-0.4, -0.2) is 21.0 Å². The SMILES string of the molecule is Cc1ccc(NC(=O)c2nccnc2CO)cc1F. The van der Waals surface area contributed by atoms with Crippen LogP contribution < -0.4 is 5.32 Å². The smallest absolute Gasteiger partial charge is 0.276 e. The molecule has 2 aromatic rings. The Balaban J connectivity index is 2.23. The first-order valence-electron chi connectivity index (χ1n) is 5.60. The zero-order valence-corrected chi connectivity index (χ0v) is 10.2. The van der Waals surface area contributed by atoms with E-state index in [1.165, 1.54) is 18.5 Å². The van der Waals surface area contributed by atoms with E-state index in [1.54, 1.807) is 19.1 Å². The number of nitrogens with zero attached hydrogens (tertiary/aromatic N) is 2. The van der Waals surface area contributed by atoms with Crippen LogP contribution in [0.1, 0.15) is 21.7 Å². The fourth-order valence-electron chi connectivity index (χ4n) is 1.53. The van der Waals surface area contributed by atoms with Gasteiger partial charge in [-0.15, -0.1) is 0 Å². The van der Waals surface area contributed by atoms with Crippen molar-refractivity contribution in [3.63, 3.8) is 0 Å². The van der Waals surface area contributed by atoms with Gasteiger partial charge in [0.25, 0.3) is 5.91 Å². The Bertz CT molecular complexity index is 617. The molecule has 0 saturated heterocycles. The van der Waals surface area contributed by atoms with Crippen molar-refractivity contribution in [1.82, 2.24) is 9.97 Å². The van der Waals surface area contributed by atoms with E-state index in [1.807, 2.05) is 0 Å². The van der Waals surface area contributed by atoms with Crippen molar-refractivity contribution in [2.75, 3.05) is 5.32 Å². The number of anilines is 1. The molecular formula is C13H12FN3O2. The second-order valence-corrected chi connectivity index (χ2v) is 3.93. The van der Waals surface area contributed by atoms with Gasteiger partial charge in [-0.05, 0) is 24.6 Å². The Morgan fingerprint density at radius 2 is 2.11 bits per heavy atom. The molecule has 0 radical (unpaired) electrons. The summed E-state index contributed by atoms with van der Waals surface area (Å²) in [5, 5.41) is 11.6. The molecule has 1 amide bonds. The highest BCUT2D eigenvalue weighted by Crippen LogP contribution is 2.14. The fourth-order valence-corrected chi connectivity index (χ4v) is 1.53. The van der Waals surface area contributed by atoms with Crippen molar-refractivity contribution in [2.24, 2.45) is 0 Å². The van der Waals surface area contributed by atoms with Gasteiger partial charge in [0.15, 0.2) is 5.69 Å². The molecule has 6 heteroatoms. The number of carbonyl (C=O) groups is 1. The maximum Gasteiger partial charge on any atom is 0.276 e. The summed E-state index contributed by atoms with van der Waals surface area (Å²) in [7, 11) is 0. The van der Waals surface area contributed by atoms with Crippen LogP contribution in [0.3, 0.4) is 0 Å². The van der Waals surface area contributed by atoms with Crippen molar-refractivity contribution >= 4 is 11.6 Å². The molecule has 19 heavy (non-hydrogen) atoms. The number of hydrogen-bond acceptors (Lipinski definition) is 4. The van der Waals surface area contributed by atoms with Crippen molar-refractivity contribution in [3.8, 4) is 0 Å². The molecular weight excluding hydrogens is 249 g/mol. The number of nitrogens with one attached hydrogen (secondary N) is 1. The molecule has 0 saturated carbocycles. The van der Waals surface area contributed by atoms with Gasteiger partial charge in [-0.25, -0.2) is 9.37 Å². The summed E-state index contributed by atoms with van der Waals surface area (Å²) in [5.74, 6) is -0.945. The average Bonchev–Trinajstić information content (AvgIpc) is 2.43. The fraction of sp³-hybridized carbons (Fsp3) is 0.154. The number of hydrogen-bond donors (Lipinski definition) is 2. The van der Waals surface area contributed by atoms with Gasteiger partial charge >= 0.3 is 0 Å². The van der Waals surface area contributed by atoms with Gasteiger partial charge in [-0.1, -0.05) is 6.07 Å². The van der Waals surface area contributed by atoms with Crippen LogP contribution in [0, 0.1) is 12.7 Å². The standard InChI is InChI=1S/C13H12FN3O2/c1-8-2-3-9(6-10(8)14)17-13(19)12-11(7-18)15-4-5-16-12/h2-6,18H,7H2,1H3,(H,17,19). The van der Waals surface area contributed by atoms with Gasteiger partial charge in [0, 0.05) is 18.1 Å². The number of amides is 1. The Morgan fingerprint density at radius 1 is 1.37 bits per heavy atom. The van der Waals surface area contributed by atoms with Gasteiger partial charge in [0.2, 0.25) is 0 Å². The number of rotatable bonds is 3. The number of aryl methyl sites for hydroxylation is 1. The highest BCUT2D eigenvalue weighted by Gasteiger charge is 2.14. The third kappa shape index (κ3) is 2.92. The van der Waals surface area contributed by atoms with Gasteiger partial charge in [-0.3, -0.25) is 9.78 Å². The molecule has 0 aliphatic heterocycles. The lowest BCUT2D eigenvalue weighted by Crippen LogP contribution is -2.17. The molecule has 0 aliphatic rings. The molecule has 1 aromatic heterocycles. The average molecular weight is 261 g/mol. The van der Waals surface area contributed by atoms with E-state index in [2.05, 4.69) is 15.3 Å². The van der Waals surface area contributed by atoms with Crippen LogP contribution in [0.5, 0.6) is 0 Å². The molecule has 2 N–H and O–H groups in total. The Kier molecular flexibility index (Phi) is 3.82. The summed E-state index contributed by atoms with van der Waals surface area (Å²) in [4.78, 5) is 19.6. The van der Waals surface area contributed by atoms with Crippen LogP contribution in [0.25, 0.3) is 0 Å². The quantitative estimate of drug-likeness (QED) is 0.881. The van der Waals surface area contributed by atoms with Crippen molar-refractivity contribution in [1.29, 1.82) is 0 Å². The minimum absolute atomic E-state index is 0.0194. The minimum Gasteiger partial charge on any atom is -0.390 e. The van der Waals surface area contributed by atoms with E-state index in [0.717, 1.165) is 0 Å². The third-order valence-corrected chi connectivity index (χ3v) is 2.57. The predicted molar refractivity (Wildman–Crippen MR) is 67.0 cm³/mol. The first-order valence-corrected chi connectivity index (χ1v) is 5.60. The summed E-state index contributed by atoms with van der Waals surface area (Å²) >= 11 is 0. The molecule has 1 heterocycles. The summed E-state index contributed by atoms with van der Waals surface area (Å²) in [6, 6.07) is 4.38. The monoisotopic (exact) mass is 261 g/mol. The van der Waals surface area contributed by atoms with Crippen LogP contribution in [0.15, 0.2) is 30.6 Å². The molecule has 0 fully saturated rings. The van der Waals surface area contributed by atoms with Crippen LogP contribution in [0.4, 0.5) is 10.1 Å². The van der Waals surface area contributed by atoms with E-state index < -0.39 is 18.3 Å². The number of halogens is 1. The highest BCUT2D eigenvalue weighted by atomic mass is 19.1. The lowest BCUT2D eigenvalue weighted by atomic mass is 10.2. The molecule has 0 bridgehead atoms. The van der Waals surface area contributed by atoms with Gasteiger partial charge in [0.05, 0.1) is 12.3 Å². The van der Waals surface area contributed by atoms with Crippen LogP contribution in [-0.2, 0) is 6.61 Å². The minimum atomic E-state index is -0.541. The van der Waals surface area contributed by atoms with E-state index in [4.69, 9.17) is 5.11 Å². The van der Waals surface area contributed by atoms with Crippen LogP contribution >= 0.6 is 0 Å². The summed E-state index contributed by atoms with van der Waals surface area (Å²) in [6.07, 6.45) is 2.73. The van der Waals surface area contributed by atoms with E-state index >= 15 is 0 Å². The summed E-state index contributed by atoms with van der Waals surface area (Å²) < 4.78 is 13.4. The number of aromatic nitrogens is 2. The van der Waals surface area contributed by atoms with Crippen molar-refractivity contribution in [3.05, 3.63) is 53.4 Å². The predicted octanol–water partition coefficient (Wildman–Crippen LogP) is 1.67. The molecule has 0 atom stereocenters. The Hall–Kier alpha value is -2.34. The van der Waals surface area contributed by atoms with Gasteiger partial charge < -0.3 is 10.4 Å². The molecule has 2 rings (SSSR count). The summed E-state index contributed by atoms with van der Waals surface area (Å²) in [6.45, 7) is 1.24. The van der Waals surface area contributed by atoms with E-state index in [-0.39, 0.29) is 11.4 Å². The maximum absolute atomic E-state index is 13.4. The maximum atomic E-state index is 13.4. The normalized spacial score (nSPS) is 10.3. The first kappa shape index (κ1) is 13.1. The van der Waals surface area contributed by atoms with Crippen LogP contribution in [0.2, 0.25) is 0 Å².